The van der Waals surface area contributed by atoms with Crippen LogP contribution in [0.2, 0.25) is 0 Å². The SMILES string of the molecule is O=c1cc(N2CCCN(C3=NS(=O)(=O)c4ccccc43)CC2)nc2ccccn12. The molecule has 0 saturated carbocycles. The molecule has 2 aliphatic rings. The van der Waals surface area contributed by atoms with Crippen LogP contribution in [0.1, 0.15) is 12.0 Å². The minimum absolute atomic E-state index is 0.119. The summed E-state index contributed by atoms with van der Waals surface area (Å²) in [5, 5.41) is 0. The van der Waals surface area contributed by atoms with Gasteiger partial charge < -0.3 is 9.80 Å². The first-order valence-electron chi connectivity index (χ1n) is 9.46. The van der Waals surface area contributed by atoms with Crippen LogP contribution in [-0.4, -0.2) is 54.7 Å². The van der Waals surface area contributed by atoms with Gasteiger partial charge in [0.25, 0.3) is 15.6 Å². The number of pyridine rings is 1. The zero-order valence-electron chi connectivity index (χ0n) is 15.6. The molecule has 1 aromatic carbocycles. The van der Waals surface area contributed by atoms with E-state index >= 15 is 0 Å². The van der Waals surface area contributed by atoms with Gasteiger partial charge in [0.15, 0.2) is 5.84 Å². The molecule has 9 heteroatoms. The van der Waals surface area contributed by atoms with Gasteiger partial charge in [0.2, 0.25) is 0 Å². The Hall–Kier alpha value is -3.20. The second kappa shape index (κ2) is 6.70. The molecule has 1 fully saturated rings. The number of anilines is 1. The average Bonchev–Trinajstić information content (AvgIpc) is 2.87. The van der Waals surface area contributed by atoms with Crippen molar-refractivity contribution < 1.29 is 8.42 Å². The van der Waals surface area contributed by atoms with Gasteiger partial charge in [0.1, 0.15) is 16.4 Å². The van der Waals surface area contributed by atoms with E-state index < -0.39 is 10.0 Å². The fourth-order valence-electron chi connectivity index (χ4n) is 3.88. The number of nitrogens with zero attached hydrogens (tertiary/aromatic N) is 5. The van der Waals surface area contributed by atoms with Crippen molar-refractivity contribution in [3.8, 4) is 0 Å². The Morgan fingerprint density at radius 2 is 1.66 bits per heavy atom. The lowest BCUT2D eigenvalue weighted by atomic mass is 10.2. The Labute approximate surface area is 167 Å². The topological polar surface area (TPSA) is 87.4 Å². The maximum Gasteiger partial charge on any atom is 0.285 e. The Balaban J connectivity index is 1.43. The second-order valence-electron chi connectivity index (χ2n) is 7.10. The summed E-state index contributed by atoms with van der Waals surface area (Å²) in [6.45, 7) is 2.63. The molecule has 4 heterocycles. The second-order valence-corrected chi connectivity index (χ2v) is 8.67. The number of hydrogen-bond donors (Lipinski definition) is 0. The van der Waals surface area contributed by atoms with Gasteiger partial charge in [-0.2, -0.15) is 8.42 Å². The van der Waals surface area contributed by atoms with Gasteiger partial charge in [-0.25, -0.2) is 4.98 Å². The fraction of sp³-hybridized carbons (Fsp3) is 0.250. The highest BCUT2D eigenvalue weighted by atomic mass is 32.2. The Morgan fingerprint density at radius 1 is 0.897 bits per heavy atom. The third-order valence-corrected chi connectivity index (χ3v) is 6.61. The Morgan fingerprint density at radius 3 is 2.55 bits per heavy atom. The molecular formula is C20H19N5O3S. The van der Waals surface area contributed by atoms with Crippen molar-refractivity contribution in [2.24, 2.45) is 4.40 Å². The maximum atomic E-state index is 12.4. The van der Waals surface area contributed by atoms with Crippen molar-refractivity contribution in [2.45, 2.75) is 11.3 Å². The van der Waals surface area contributed by atoms with E-state index in [9.17, 15) is 13.2 Å². The van der Waals surface area contributed by atoms with Crippen molar-refractivity contribution in [2.75, 3.05) is 31.1 Å². The molecule has 8 nitrogen and oxygen atoms in total. The highest BCUT2D eigenvalue weighted by Crippen LogP contribution is 2.28. The van der Waals surface area contributed by atoms with Crippen LogP contribution in [0.3, 0.4) is 0 Å². The van der Waals surface area contributed by atoms with Crippen LogP contribution in [0.25, 0.3) is 5.65 Å². The maximum absolute atomic E-state index is 12.4. The molecule has 148 valence electrons. The third-order valence-electron chi connectivity index (χ3n) is 5.29. The molecule has 0 bridgehead atoms. The molecule has 0 radical (unpaired) electrons. The van der Waals surface area contributed by atoms with Crippen LogP contribution < -0.4 is 10.5 Å². The van der Waals surface area contributed by atoms with E-state index in [2.05, 4.69) is 14.3 Å². The zero-order chi connectivity index (χ0) is 20.0. The van der Waals surface area contributed by atoms with Gasteiger partial charge >= 0.3 is 0 Å². The van der Waals surface area contributed by atoms with Crippen molar-refractivity contribution in [3.63, 3.8) is 0 Å². The minimum Gasteiger partial charge on any atom is -0.355 e. The lowest BCUT2D eigenvalue weighted by Crippen LogP contribution is -2.35. The standard InChI is InChI=1S/C20H19N5O3S/c26-19-14-18(21-17-8-3-4-11-25(17)19)23-9-5-10-24(13-12-23)20-15-6-1-2-7-16(15)29(27,28)22-20/h1-4,6-8,11,14H,5,9-10,12-13H2. The summed E-state index contributed by atoms with van der Waals surface area (Å²) >= 11 is 0. The van der Waals surface area contributed by atoms with Crippen molar-refractivity contribution in [1.82, 2.24) is 14.3 Å². The minimum atomic E-state index is -3.64. The number of rotatable bonds is 1. The van der Waals surface area contributed by atoms with Crippen LogP contribution >= 0.6 is 0 Å². The molecule has 0 aliphatic carbocycles. The van der Waals surface area contributed by atoms with E-state index in [0.717, 1.165) is 13.0 Å². The van der Waals surface area contributed by atoms with E-state index in [1.165, 1.54) is 4.40 Å². The summed E-state index contributed by atoms with van der Waals surface area (Å²) in [5.41, 5.74) is 1.14. The normalized spacial score (nSPS) is 18.4. The number of aromatic nitrogens is 2. The van der Waals surface area contributed by atoms with Crippen LogP contribution in [0, 0.1) is 0 Å². The van der Waals surface area contributed by atoms with Gasteiger partial charge in [-0.1, -0.05) is 18.2 Å². The fourth-order valence-corrected chi connectivity index (χ4v) is 5.11. The number of hydrogen-bond acceptors (Lipinski definition) is 6. The molecule has 29 heavy (non-hydrogen) atoms. The van der Waals surface area contributed by atoms with E-state index in [1.807, 2.05) is 23.1 Å². The summed E-state index contributed by atoms with van der Waals surface area (Å²) in [7, 11) is -3.64. The van der Waals surface area contributed by atoms with E-state index in [0.29, 0.717) is 42.5 Å². The molecule has 2 aliphatic heterocycles. The number of benzene rings is 1. The van der Waals surface area contributed by atoms with Crippen LogP contribution in [0.5, 0.6) is 0 Å². The number of amidine groups is 1. The molecular weight excluding hydrogens is 390 g/mol. The van der Waals surface area contributed by atoms with Crippen molar-refractivity contribution in [1.29, 1.82) is 0 Å². The van der Waals surface area contributed by atoms with Gasteiger partial charge in [-0.3, -0.25) is 9.20 Å². The molecule has 2 aromatic heterocycles. The lowest BCUT2D eigenvalue weighted by molar-refractivity contribution is 0.449. The number of fused-ring (bicyclic) bond motifs is 2. The summed E-state index contributed by atoms with van der Waals surface area (Å²) in [4.78, 5) is 21.4. The highest BCUT2D eigenvalue weighted by molar-refractivity contribution is 7.90. The van der Waals surface area contributed by atoms with Gasteiger partial charge in [0, 0.05) is 44.0 Å². The van der Waals surface area contributed by atoms with Gasteiger partial charge in [0.05, 0.1) is 0 Å². The van der Waals surface area contributed by atoms with E-state index in [1.54, 1.807) is 36.5 Å². The largest absolute Gasteiger partial charge is 0.355 e. The smallest absolute Gasteiger partial charge is 0.285 e. The molecule has 3 aromatic rings. The molecule has 0 atom stereocenters. The predicted octanol–water partition coefficient (Wildman–Crippen LogP) is 1.36. The molecule has 5 rings (SSSR count). The van der Waals surface area contributed by atoms with Crippen LogP contribution in [-0.2, 0) is 10.0 Å². The van der Waals surface area contributed by atoms with Gasteiger partial charge in [-0.15, -0.1) is 4.40 Å². The molecule has 1 saturated heterocycles. The van der Waals surface area contributed by atoms with Crippen LogP contribution in [0.4, 0.5) is 5.82 Å². The van der Waals surface area contributed by atoms with Crippen molar-refractivity contribution >= 4 is 27.3 Å². The van der Waals surface area contributed by atoms with Gasteiger partial charge in [-0.05, 0) is 30.7 Å². The third kappa shape index (κ3) is 3.07. The monoisotopic (exact) mass is 409 g/mol. The Bertz CT molecular complexity index is 1300. The zero-order valence-corrected chi connectivity index (χ0v) is 16.4. The van der Waals surface area contributed by atoms with E-state index in [4.69, 9.17) is 0 Å². The van der Waals surface area contributed by atoms with Crippen LogP contribution in [0.15, 0.2) is 68.8 Å². The summed E-state index contributed by atoms with van der Waals surface area (Å²) < 4.78 is 30.3. The summed E-state index contributed by atoms with van der Waals surface area (Å²) in [5.74, 6) is 1.15. The molecule has 0 unspecified atom stereocenters. The lowest BCUT2D eigenvalue weighted by Gasteiger charge is -2.24. The summed E-state index contributed by atoms with van der Waals surface area (Å²) in [6, 6.07) is 13.9. The quantitative estimate of drug-likeness (QED) is 0.603. The molecule has 0 N–H and O–H groups in total. The first kappa shape index (κ1) is 17.9. The van der Waals surface area contributed by atoms with Crippen molar-refractivity contribution in [3.05, 3.63) is 70.6 Å². The van der Waals surface area contributed by atoms with E-state index in [-0.39, 0.29) is 10.5 Å². The summed E-state index contributed by atoms with van der Waals surface area (Å²) in [6.07, 6.45) is 2.51. The predicted molar refractivity (Wildman–Crippen MR) is 110 cm³/mol. The highest BCUT2D eigenvalue weighted by Gasteiger charge is 2.32. The first-order chi connectivity index (χ1) is 14.0. The first-order valence-corrected chi connectivity index (χ1v) is 10.9. The molecule has 0 amide bonds. The Kier molecular flexibility index (Phi) is 4.13. The molecule has 0 spiro atoms. The number of sulfonamides is 1. The average molecular weight is 409 g/mol.